The summed E-state index contributed by atoms with van der Waals surface area (Å²) >= 11 is 0. The molecule has 1 spiro atoms. The fourth-order valence-corrected chi connectivity index (χ4v) is 2.72. The Morgan fingerprint density at radius 3 is 2.52 bits per heavy atom. The molecule has 0 unspecified atom stereocenters. The van der Waals surface area contributed by atoms with Crippen molar-refractivity contribution in [3.05, 3.63) is 35.9 Å². The number of ether oxygens (including phenoxy) is 3. The van der Waals surface area contributed by atoms with Crippen LogP contribution >= 0.6 is 0 Å². The second-order valence-corrected chi connectivity index (χ2v) is 5.12. The lowest BCUT2D eigenvalue weighted by molar-refractivity contribution is -0.274. The van der Waals surface area contributed by atoms with Crippen LogP contribution in [0.4, 0.5) is 13.2 Å². The summed E-state index contributed by atoms with van der Waals surface area (Å²) < 4.78 is 51.9. The maximum absolute atomic E-state index is 12.2. The maximum Gasteiger partial charge on any atom is 0.573 e. The molecule has 1 aromatic rings. The third-order valence-corrected chi connectivity index (χ3v) is 3.69. The average molecular weight is 300 g/mol. The first-order chi connectivity index (χ1) is 9.96. The van der Waals surface area contributed by atoms with Gasteiger partial charge in [0.15, 0.2) is 5.79 Å². The largest absolute Gasteiger partial charge is 0.573 e. The molecule has 0 N–H and O–H groups in total. The SMILES string of the molecule is FC(F)(F)Oc1cccc(C2=CCC3(CC2)OCCO3)c1. The van der Waals surface area contributed by atoms with Crippen molar-refractivity contribution < 1.29 is 27.4 Å². The Hall–Kier alpha value is -1.53. The van der Waals surface area contributed by atoms with Gasteiger partial charge < -0.3 is 14.2 Å². The molecule has 1 aliphatic heterocycles. The molecule has 21 heavy (non-hydrogen) atoms. The Morgan fingerprint density at radius 1 is 1.14 bits per heavy atom. The van der Waals surface area contributed by atoms with E-state index in [0.29, 0.717) is 32.5 Å². The zero-order chi connectivity index (χ0) is 14.9. The summed E-state index contributed by atoms with van der Waals surface area (Å²) in [4.78, 5) is 0. The van der Waals surface area contributed by atoms with Gasteiger partial charge in [-0.3, -0.25) is 0 Å². The minimum Gasteiger partial charge on any atom is -0.406 e. The molecule has 0 saturated carbocycles. The maximum atomic E-state index is 12.2. The Morgan fingerprint density at radius 2 is 1.90 bits per heavy atom. The van der Waals surface area contributed by atoms with Gasteiger partial charge in [0.25, 0.3) is 0 Å². The van der Waals surface area contributed by atoms with Gasteiger partial charge in [0, 0.05) is 12.8 Å². The van der Waals surface area contributed by atoms with Crippen LogP contribution in [-0.2, 0) is 9.47 Å². The fraction of sp³-hybridized carbons (Fsp3) is 0.467. The highest BCUT2D eigenvalue weighted by Crippen LogP contribution is 2.38. The second-order valence-electron chi connectivity index (χ2n) is 5.12. The predicted octanol–water partition coefficient (Wildman–Crippen LogP) is 3.90. The number of hydrogen-bond acceptors (Lipinski definition) is 3. The van der Waals surface area contributed by atoms with Gasteiger partial charge in [0.05, 0.1) is 13.2 Å². The van der Waals surface area contributed by atoms with E-state index < -0.39 is 12.1 Å². The van der Waals surface area contributed by atoms with Crippen LogP contribution in [0, 0.1) is 0 Å². The minimum atomic E-state index is -4.67. The first kappa shape index (κ1) is 14.4. The van der Waals surface area contributed by atoms with Crippen LogP contribution in [0.1, 0.15) is 24.8 Å². The molecule has 0 amide bonds. The number of hydrogen-bond donors (Lipinski definition) is 0. The third-order valence-electron chi connectivity index (χ3n) is 3.69. The number of benzene rings is 1. The first-order valence-electron chi connectivity index (χ1n) is 6.79. The topological polar surface area (TPSA) is 27.7 Å². The average Bonchev–Trinajstić information content (AvgIpc) is 2.86. The molecule has 3 nitrogen and oxygen atoms in total. The van der Waals surface area contributed by atoms with Crippen LogP contribution in [0.2, 0.25) is 0 Å². The molecule has 0 bridgehead atoms. The smallest absolute Gasteiger partial charge is 0.406 e. The van der Waals surface area contributed by atoms with Crippen molar-refractivity contribution in [1.82, 2.24) is 0 Å². The first-order valence-corrected chi connectivity index (χ1v) is 6.79. The van der Waals surface area contributed by atoms with Crippen LogP contribution in [0.3, 0.4) is 0 Å². The zero-order valence-corrected chi connectivity index (χ0v) is 11.3. The van der Waals surface area contributed by atoms with E-state index in [4.69, 9.17) is 9.47 Å². The molecular formula is C15H15F3O3. The fourth-order valence-electron chi connectivity index (χ4n) is 2.72. The van der Waals surface area contributed by atoms with E-state index in [1.54, 1.807) is 12.1 Å². The highest BCUT2D eigenvalue weighted by molar-refractivity contribution is 5.67. The van der Waals surface area contributed by atoms with E-state index in [1.807, 2.05) is 6.08 Å². The van der Waals surface area contributed by atoms with Crippen LogP contribution in [0.25, 0.3) is 5.57 Å². The normalized spacial score (nSPS) is 21.4. The summed E-state index contributed by atoms with van der Waals surface area (Å²) in [5.74, 6) is -0.724. The van der Waals surface area contributed by atoms with Gasteiger partial charge in [-0.05, 0) is 29.7 Å². The molecule has 1 heterocycles. The van der Waals surface area contributed by atoms with Gasteiger partial charge in [-0.1, -0.05) is 18.2 Å². The van der Waals surface area contributed by atoms with Crippen molar-refractivity contribution in [2.45, 2.75) is 31.4 Å². The summed E-state index contributed by atoms with van der Waals surface area (Å²) in [5, 5.41) is 0. The third kappa shape index (κ3) is 3.39. The summed E-state index contributed by atoms with van der Waals surface area (Å²) in [5.41, 5.74) is 1.73. The molecule has 2 aliphatic rings. The van der Waals surface area contributed by atoms with Crippen LogP contribution in [0.5, 0.6) is 5.75 Å². The van der Waals surface area contributed by atoms with Gasteiger partial charge in [-0.15, -0.1) is 13.2 Å². The number of halogens is 3. The van der Waals surface area contributed by atoms with E-state index in [1.165, 1.54) is 12.1 Å². The van der Waals surface area contributed by atoms with Gasteiger partial charge in [-0.2, -0.15) is 0 Å². The molecule has 0 radical (unpaired) electrons. The predicted molar refractivity (Wildman–Crippen MR) is 69.6 cm³/mol. The molecule has 3 rings (SSSR count). The van der Waals surface area contributed by atoms with Crippen LogP contribution in [-0.4, -0.2) is 25.4 Å². The van der Waals surface area contributed by atoms with Crippen molar-refractivity contribution in [2.75, 3.05) is 13.2 Å². The summed E-state index contributed by atoms with van der Waals surface area (Å²) in [6.45, 7) is 1.19. The lowest BCUT2D eigenvalue weighted by Crippen LogP contribution is -2.31. The Labute approximate surface area is 120 Å². The van der Waals surface area contributed by atoms with E-state index in [2.05, 4.69) is 4.74 Å². The van der Waals surface area contributed by atoms with Crippen molar-refractivity contribution >= 4 is 5.57 Å². The highest BCUT2D eigenvalue weighted by atomic mass is 19.4. The van der Waals surface area contributed by atoms with E-state index in [-0.39, 0.29) is 5.75 Å². The molecule has 114 valence electrons. The molecular weight excluding hydrogens is 285 g/mol. The summed E-state index contributed by atoms with van der Waals surface area (Å²) in [7, 11) is 0. The van der Waals surface area contributed by atoms with Crippen LogP contribution < -0.4 is 4.74 Å². The molecule has 1 fully saturated rings. The Balaban J connectivity index is 1.75. The van der Waals surface area contributed by atoms with E-state index in [0.717, 1.165) is 11.1 Å². The van der Waals surface area contributed by atoms with E-state index in [9.17, 15) is 13.2 Å². The minimum absolute atomic E-state index is 0.199. The van der Waals surface area contributed by atoms with Gasteiger partial charge >= 0.3 is 6.36 Å². The van der Waals surface area contributed by atoms with Gasteiger partial charge in [-0.25, -0.2) is 0 Å². The quantitative estimate of drug-likeness (QED) is 0.829. The second kappa shape index (κ2) is 5.35. The molecule has 1 saturated heterocycles. The number of rotatable bonds is 2. The molecule has 1 aromatic carbocycles. The van der Waals surface area contributed by atoms with Crippen molar-refractivity contribution in [3.8, 4) is 5.75 Å². The van der Waals surface area contributed by atoms with Gasteiger partial charge in [0.2, 0.25) is 0 Å². The monoisotopic (exact) mass is 300 g/mol. The number of allylic oxidation sites excluding steroid dienone is 1. The summed E-state index contributed by atoms with van der Waals surface area (Å²) in [6, 6.07) is 6.05. The lowest BCUT2D eigenvalue weighted by Gasteiger charge is -2.30. The van der Waals surface area contributed by atoms with Crippen molar-refractivity contribution in [3.63, 3.8) is 0 Å². The van der Waals surface area contributed by atoms with Gasteiger partial charge in [0.1, 0.15) is 5.75 Å². The standard InChI is InChI=1S/C15H15F3O3/c16-15(17,18)21-13-3-1-2-12(10-13)11-4-6-14(7-5-11)19-8-9-20-14/h1-4,10H,5-9H2. The lowest BCUT2D eigenvalue weighted by atomic mass is 9.90. The summed E-state index contributed by atoms with van der Waals surface area (Å²) in [6.07, 6.45) is -0.665. The highest BCUT2D eigenvalue weighted by Gasteiger charge is 2.37. The van der Waals surface area contributed by atoms with Crippen molar-refractivity contribution in [1.29, 1.82) is 0 Å². The molecule has 0 atom stereocenters. The zero-order valence-electron chi connectivity index (χ0n) is 11.3. The molecule has 6 heteroatoms. The number of alkyl halides is 3. The van der Waals surface area contributed by atoms with E-state index >= 15 is 0 Å². The Bertz CT molecular complexity index is 545. The molecule has 1 aliphatic carbocycles. The molecule has 0 aromatic heterocycles. The Kier molecular flexibility index (Phi) is 3.67. The van der Waals surface area contributed by atoms with Crippen LogP contribution in [0.15, 0.2) is 30.3 Å². The van der Waals surface area contributed by atoms with Crippen molar-refractivity contribution in [2.24, 2.45) is 0 Å².